The molecule has 172 valence electrons. The fourth-order valence-electron chi connectivity index (χ4n) is 4.83. The van der Waals surface area contributed by atoms with E-state index < -0.39 is 5.91 Å². The van der Waals surface area contributed by atoms with Gasteiger partial charge in [0.05, 0.1) is 7.11 Å². The monoisotopic (exact) mass is 443 g/mol. The van der Waals surface area contributed by atoms with Gasteiger partial charge in [-0.1, -0.05) is 18.2 Å². The van der Waals surface area contributed by atoms with E-state index in [2.05, 4.69) is 43.9 Å². The normalized spacial score (nSPS) is 14.9. The number of piperidine rings is 1. The van der Waals surface area contributed by atoms with Gasteiger partial charge in [0.25, 0.3) is 0 Å². The summed E-state index contributed by atoms with van der Waals surface area (Å²) in [4.78, 5) is 18.8. The number of methoxy groups -OCH3 is 1. The standard InChI is InChI=1S/C28H33N3O2/c1-18-14-27(33-4)20(3)19(2)25(18)17-31-12-10-21(11-13-31)26-9-8-24(16-30-26)22-6-5-7-23(15-22)28(29)32/h5-9,14-16,21H,10-13,17H2,1-4H3,(H2,29,32). The summed E-state index contributed by atoms with van der Waals surface area (Å²) in [7, 11) is 1.74. The second-order valence-electron chi connectivity index (χ2n) is 9.09. The summed E-state index contributed by atoms with van der Waals surface area (Å²) >= 11 is 0. The molecule has 1 aliphatic rings. The summed E-state index contributed by atoms with van der Waals surface area (Å²) in [6, 6.07) is 13.8. The summed E-state index contributed by atoms with van der Waals surface area (Å²) in [5.74, 6) is 1.04. The molecule has 5 heteroatoms. The van der Waals surface area contributed by atoms with E-state index in [9.17, 15) is 4.79 Å². The minimum absolute atomic E-state index is 0.414. The van der Waals surface area contributed by atoms with Gasteiger partial charge in [0.1, 0.15) is 5.75 Å². The van der Waals surface area contributed by atoms with Crippen LogP contribution in [0.1, 0.15) is 57.1 Å². The highest BCUT2D eigenvalue weighted by Crippen LogP contribution is 2.32. The molecule has 1 saturated heterocycles. The van der Waals surface area contributed by atoms with Crippen molar-refractivity contribution in [2.75, 3.05) is 20.2 Å². The number of rotatable bonds is 6. The van der Waals surface area contributed by atoms with Crippen LogP contribution < -0.4 is 10.5 Å². The Hall–Kier alpha value is -3.18. The molecule has 1 aromatic heterocycles. The van der Waals surface area contributed by atoms with Crippen molar-refractivity contribution in [2.45, 2.75) is 46.1 Å². The van der Waals surface area contributed by atoms with Crippen molar-refractivity contribution in [1.29, 1.82) is 0 Å². The smallest absolute Gasteiger partial charge is 0.248 e. The number of amides is 1. The minimum atomic E-state index is -0.414. The number of nitrogens with zero attached hydrogens (tertiary/aromatic N) is 2. The van der Waals surface area contributed by atoms with Crippen molar-refractivity contribution in [3.63, 3.8) is 0 Å². The largest absolute Gasteiger partial charge is 0.496 e. The Kier molecular flexibility index (Phi) is 6.80. The highest BCUT2D eigenvalue weighted by Gasteiger charge is 2.23. The lowest BCUT2D eigenvalue weighted by Crippen LogP contribution is -2.33. The number of hydrogen-bond donors (Lipinski definition) is 1. The number of aromatic nitrogens is 1. The molecule has 1 aliphatic heterocycles. The number of nitrogens with two attached hydrogens (primary N) is 1. The summed E-state index contributed by atoms with van der Waals surface area (Å²) in [6.07, 6.45) is 4.13. The second kappa shape index (κ2) is 9.75. The first-order valence-electron chi connectivity index (χ1n) is 11.6. The maximum Gasteiger partial charge on any atom is 0.248 e. The van der Waals surface area contributed by atoms with Crippen LogP contribution in [-0.4, -0.2) is 36.0 Å². The zero-order valence-electron chi connectivity index (χ0n) is 20.0. The summed E-state index contributed by atoms with van der Waals surface area (Å²) in [5, 5.41) is 0. The van der Waals surface area contributed by atoms with Crippen LogP contribution in [0.5, 0.6) is 5.75 Å². The van der Waals surface area contributed by atoms with Gasteiger partial charge in [0, 0.05) is 35.5 Å². The van der Waals surface area contributed by atoms with Gasteiger partial charge in [-0.25, -0.2) is 0 Å². The first kappa shape index (κ1) is 23.0. The van der Waals surface area contributed by atoms with E-state index >= 15 is 0 Å². The summed E-state index contributed by atoms with van der Waals surface area (Å²) in [6.45, 7) is 9.65. The lowest BCUT2D eigenvalue weighted by molar-refractivity contribution is 0.100. The molecule has 2 aromatic carbocycles. The van der Waals surface area contributed by atoms with E-state index in [0.29, 0.717) is 11.5 Å². The lowest BCUT2D eigenvalue weighted by atomic mass is 9.91. The van der Waals surface area contributed by atoms with Crippen LogP contribution in [0.3, 0.4) is 0 Å². The number of carbonyl (C=O) groups excluding carboxylic acids is 1. The van der Waals surface area contributed by atoms with Crippen LogP contribution >= 0.6 is 0 Å². The van der Waals surface area contributed by atoms with E-state index in [1.54, 1.807) is 13.2 Å². The number of aryl methyl sites for hydroxylation is 1. The predicted octanol–water partition coefficient (Wildman–Crippen LogP) is 5.16. The highest BCUT2D eigenvalue weighted by molar-refractivity contribution is 5.94. The zero-order valence-corrected chi connectivity index (χ0v) is 20.0. The molecule has 0 atom stereocenters. The molecule has 0 unspecified atom stereocenters. The molecular formula is C28H33N3O2. The van der Waals surface area contributed by atoms with Crippen LogP contribution in [0.2, 0.25) is 0 Å². The quantitative estimate of drug-likeness (QED) is 0.571. The number of benzene rings is 2. The minimum Gasteiger partial charge on any atom is -0.496 e. The average molecular weight is 444 g/mol. The maximum atomic E-state index is 11.5. The average Bonchev–Trinajstić information content (AvgIpc) is 2.84. The molecule has 3 aromatic rings. The Morgan fingerprint density at radius 3 is 2.45 bits per heavy atom. The molecule has 1 fully saturated rings. The molecule has 2 N–H and O–H groups in total. The summed E-state index contributed by atoms with van der Waals surface area (Å²) < 4.78 is 5.53. The van der Waals surface area contributed by atoms with Crippen molar-refractivity contribution in [3.8, 4) is 16.9 Å². The van der Waals surface area contributed by atoms with Crippen LogP contribution in [0.25, 0.3) is 11.1 Å². The van der Waals surface area contributed by atoms with E-state index in [-0.39, 0.29) is 0 Å². The van der Waals surface area contributed by atoms with Crippen LogP contribution in [0, 0.1) is 20.8 Å². The molecule has 0 radical (unpaired) electrons. The second-order valence-corrected chi connectivity index (χ2v) is 9.09. The van der Waals surface area contributed by atoms with E-state index in [4.69, 9.17) is 15.5 Å². The number of pyridine rings is 1. The Morgan fingerprint density at radius 2 is 1.82 bits per heavy atom. The summed E-state index contributed by atoms with van der Waals surface area (Å²) in [5.41, 5.74) is 14.3. The first-order chi connectivity index (χ1) is 15.9. The van der Waals surface area contributed by atoms with Crippen molar-refractivity contribution >= 4 is 5.91 Å². The van der Waals surface area contributed by atoms with Gasteiger partial charge in [-0.15, -0.1) is 0 Å². The van der Waals surface area contributed by atoms with Crippen molar-refractivity contribution in [1.82, 2.24) is 9.88 Å². The van der Waals surface area contributed by atoms with Crippen LogP contribution in [0.15, 0.2) is 48.7 Å². The first-order valence-corrected chi connectivity index (χ1v) is 11.6. The third-order valence-corrected chi connectivity index (χ3v) is 7.08. The fourth-order valence-corrected chi connectivity index (χ4v) is 4.83. The number of ether oxygens (including phenoxy) is 1. The molecule has 0 aliphatic carbocycles. The molecular weight excluding hydrogens is 410 g/mol. The number of primary amides is 1. The molecule has 4 rings (SSSR count). The van der Waals surface area contributed by atoms with Crippen molar-refractivity contribution in [2.24, 2.45) is 5.73 Å². The van der Waals surface area contributed by atoms with Gasteiger partial charge in [0.2, 0.25) is 5.91 Å². The van der Waals surface area contributed by atoms with Gasteiger partial charge < -0.3 is 10.5 Å². The number of hydrogen-bond acceptors (Lipinski definition) is 4. The van der Waals surface area contributed by atoms with Gasteiger partial charge >= 0.3 is 0 Å². The molecule has 0 bridgehead atoms. The van der Waals surface area contributed by atoms with Gasteiger partial charge in [-0.3, -0.25) is 14.7 Å². The van der Waals surface area contributed by atoms with E-state index in [1.165, 1.54) is 22.3 Å². The molecule has 5 nitrogen and oxygen atoms in total. The van der Waals surface area contributed by atoms with E-state index in [0.717, 1.165) is 55.0 Å². The topological polar surface area (TPSA) is 68.5 Å². The molecule has 1 amide bonds. The number of carbonyl (C=O) groups is 1. The van der Waals surface area contributed by atoms with Crippen LogP contribution in [0.4, 0.5) is 0 Å². The van der Waals surface area contributed by atoms with Gasteiger partial charge in [-0.2, -0.15) is 0 Å². The van der Waals surface area contributed by atoms with Crippen molar-refractivity contribution < 1.29 is 9.53 Å². The van der Waals surface area contributed by atoms with Gasteiger partial charge in [0.15, 0.2) is 0 Å². The number of likely N-dealkylation sites (tertiary alicyclic amines) is 1. The Labute approximate surface area is 196 Å². The van der Waals surface area contributed by atoms with Gasteiger partial charge in [-0.05, 0) is 98.8 Å². The lowest BCUT2D eigenvalue weighted by Gasteiger charge is -2.32. The molecule has 2 heterocycles. The Bertz CT molecular complexity index is 1150. The Balaban J connectivity index is 1.40. The zero-order chi connectivity index (χ0) is 23.5. The fraction of sp³-hybridized carbons (Fsp3) is 0.357. The van der Waals surface area contributed by atoms with Crippen molar-refractivity contribution in [3.05, 3.63) is 82.2 Å². The molecule has 0 saturated carbocycles. The third-order valence-electron chi connectivity index (χ3n) is 7.08. The maximum absolute atomic E-state index is 11.5. The Morgan fingerprint density at radius 1 is 1.06 bits per heavy atom. The third kappa shape index (κ3) is 4.93. The highest BCUT2D eigenvalue weighted by atomic mass is 16.5. The molecule has 0 spiro atoms. The SMILES string of the molecule is COc1cc(C)c(CN2CCC(c3ccc(-c4cccc(C(N)=O)c4)cn3)CC2)c(C)c1C. The predicted molar refractivity (Wildman–Crippen MR) is 133 cm³/mol. The van der Waals surface area contributed by atoms with Crippen LogP contribution in [-0.2, 0) is 6.54 Å². The molecule has 33 heavy (non-hydrogen) atoms. The van der Waals surface area contributed by atoms with E-state index in [1.807, 2.05) is 24.4 Å².